The lowest BCUT2D eigenvalue weighted by Gasteiger charge is -2.18. The van der Waals surface area contributed by atoms with Crippen molar-refractivity contribution >= 4 is 41.2 Å². The van der Waals surface area contributed by atoms with Crippen molar-refractivity contribution in [3.05, 3.63) is 69.2 Å². The Morgan fingerprint density at radius 1 is 1.15 bits per heavy atom. The molecular formula is C20H17Cl2NO4. The number of carbonyl (C=O) groups excluding carboxylic acids is 2. The van der Waals surface area contributed by atoms with Gasteiger partial charge < -0.3 is 14.8 Å². The number of carbonyl (C=O) groups is 2. The third kappa shape index (κ3) is 5.02. The van der Waals surface area contributed by atoms with E-state index in [1.807, 2.05) is 19.1 Å². The molecule has 140 valence electrons. The highest BCUT2D eigenvalue weighted by atomic mass is 35.5. The summed E-state index contributed by atoms with van der Waals surface area (Å²) in [6.45, 7) is 1.54. The first-order chi connectivity index (χ1) is 12.9. The molecular weight excluding hydrogens is 389 g/mol. The number of fused-ring (bicyclic) bond motifs is 1. The molecule has 1 amide bonds. The van der Waals surface area contributed by atoms with Crippen molar-refractivity contribution in [1.29, 1.82) is 0 Å². The lowest BCUT2D eigenvalue weighted by Crippen LogP contribution is -2.31. The molecule has 1 atom stereocenters. The minimum Gasteiger partial charge on any atom is -0.488 e. The number of ether oxygens (including phenoxy) is 2. The fourth-order valence-corrected chi connectivity index (χ4v) is 2.91. The van der Waals surface area contributed by atoms with Gasteiger partial charge in [0.25, 0.3) is 5.91 Å². The fraction of sp³-hybridized carbons (Fsp3) is 0.200. The molecule has 0 saturated carbocycles. The highest BCUT2D eigenvalue weighted by Crippen LogP contribution is 2.29. The molecule has 0 fully saturated rings. The molecule has 7 heteroatoms. The van der Waals surface area contributed by atoms with Gasteiger partial charge in [-0.05, 0) is 48.9 Å². The topological polar surface area (TPSA) is 64.6 Å². The van der Waals surface area contributed by atoms with Crippen molar-refractivity contribution in [2.45, 2.75) is 13.0 Å². The second-order valence-electron chi connectivity index (χ2n) is 6.06. The second-order valence-corrected chi connectivity index (χ2v) is 6.93. The van der Waals surface area contributed by atoms with Crippen molar-refractivity contribution in [3.8, 4) is 5.75 Å². The van der Waals surface area contributed by atoms with Gasteiger partial charge in [0, 0.05) is 15.6 Å². The molecule has 0 radical (unpaired) electrons. The number of halogens is 2. The van der Waals surface area contributed by atoms with Gasteiger partial charge >= 0.3 is 5.97 Å². The van der Waals surface area contributed by atoms with Gasteiger partial charge in [-0.25, -0.2) is 4.79 Å². The van der Waals surface area contributed by atoms with Crippen molar-refractivity contribution < 1.29 is 19.1 Å². The van der Waals surface area contributed by atoms with E-state index in [0.29, 0.717) is 26.9 Å². The molecule has 1 N–H and O–H groups in total. The molecule has 3 rings (SSSR count). The van der Waals surface area contributed by atoms with Crippen LogP contribution in [0.3, 0.4) is 0 Å². The van der Waals surface area contributed by atoms with Crippen LogP contribution in [-0.2, 0) is 14.3 Å². The van der Waals surface area contributed by atoms with E-state index in [4.69, 9.17) is 32.7 Å². The summed E-state index contributed by atoms with van der Waals surface area (Å²) in [6.07, 6.45) is 1.65. The SMILES string of the molecule is CC(NC(=O)COC(=O)C1=Cc2cc(Cl)ccc2OC1)c1ccc(Cl)cc1. The van der Waals surface area contributed by atoms with E-state index >= 15 is 0 Å². The molecule has 1 heterocycles. The largest absolute Gasteiger partial charge is 0.488 e. The van der Waals surface area contributed by atoms with E-state index in [0.717, 1.165) is 5.56 Å². The lowest BCUT2D eigenvalue weighted by molar-refractivity contribution is -0.145. The van der Waals surface area contributed by atoms with Crippen LogP contribution in [0.2, 0.25) is 10.0 Å². The molecule has 5 nitrogen and oxygen atoms in total. The van der Waals surface area contributed by atoms with E-state index in [1.165, 1.54) is 0 Å². The summed E-state index contributed by atoms with van der Waals surface area (Å²) in [7, 11) is 0. The first-order valence-corrected chi connectivity index (χ1v) is 9.03. The highest BCUT2D eigenvalue weighted by Gasteiger charge is 2.20. The molecule has 1 aliphatic rings. The zero-order valence-corrected chi connectivity index (χ0v) is 16.0. The average molecular weight is 406 g/mol. The van der Waals surface area contributed by atoms with E-state index in [1.54, 1.807) is 36.4 Å². The molecule has 27 heavy (non-hydrogen) atoms. The maximum absolute atomic E-state index is 12.2. The second kappa shape index (κ2) is 8.46. The number of esters is 1. The van der Waals surface area contributed by atoms with E-state index < -0.39 is 11.9 Å². The Hall–Kier alpha value is -2.50. The molecule has 2 aromatic rings. The quantitative estimate of drug-likeness (QED) is 0.757. The van der Waals surface area contributed by atoms with E-state index in [9.17, 15) is 9.59 Å². The van der Waals surface area contributed by atoms with Crippen LogP contribution in [0.4, 0.5) is 0 Å². The first kappa shape index (κ1) is 19.3. The van der Waals surface area contributed by atoms with Gasteiger partial charge in [0.05, 0.1) is 11.6 Å². The Morgan fingerprint density at radius 3 is 2.59 bits per heavy atom. The van der Waals surface area contributed by atoms with E-state index in [2.05, 4.69) is 5.32 Å². The first-order valence-electron chi connectivity index (χ1n) is 8.27. The van der Waals surface area contributed by atoms with Crippen LogP contribution in [0, 0.1) is 0 Å². The summed E-state index contributed by atoms with van der Waals surface area (Å²) < 4.78 is 10.6. The molecule has 0 spiro atoms. The number of amides is 1. The van der Waals surface area contributed by atoms with Gasteiger partial charge in [0.2, 0.25) is 0 Å². The Labute approximate surface area is 166 Å². The van der Waals surface area contributed by atoms with Crippen LogP contribution in [-0.4, -0.2) is 25.1 Å². The monoisotopic (exact) mass is 405 g/mol. The van der Waals surface area contributed by atoms with Gasteiger partial charge in [-0.1, -0.05) is 35.3 Å². The molecule has 1 unspecified atom stereocenters. The molecule has 0 aromatic heterocycles. The molecule has 0 aliphatic carbocycles. The average Bonchev–Trinajstić information content (AvgIpc) is 2.66. The summed E-state index contributed by atoms with van der Waals surface area (Å²) in [5.41, 5.74) is 1.92. The zero-order valence-electron chi connectivity index (χ0n) is 14.5. The van der Waals surface area contributed by atoms with Gasteiger partial charge in [-0.15, -0.1) is 0 Å². The fourth-order valence-electron chi connectivity index (χ4n) is 2.61. The van der Waals surface area contributed by atoms with Crippen molar-refractivity contribution in [3.63, 3.8) is 0 Å². The Kier molecular flexibility index (Phi) is 6.04. The maximum Gasteiger partial charge on any atom is 0.338 e. The summed E-state index contributed by atoms with van der Waals surface area (Å²) in [5.74, 6) is -0.355. The zero-order chi connectivity index (χ0) is 19.4. The third-order valence-corrected chi connectivity index (χ3v) is 4.52. The molecule has 0 bridgehead atoms. The van der Waals surface area contributed by atoms with Crippen molar-refractivity contribution in [1.82, 2.24) is 5.32 Å². The Morgan fingerprint density at radius 2 is 1.85 bits per heavy atom. The van der Waals surface area contributed by atoms with Crippen molar-refractivity contribution in [2.24, 2.45) is 0 Å². The Balaban J connectivity index is 1.54. The maximum atomic E-state index is 12.2. The van der Waals surface area contributed by atoms with Crippen LogP contribution in [0.5, 0.6) is 5.75 Å². The van der Waals surface area contributed by atoms with Crippen LogP contribution >= 0.6 is 23.2 Å². The van der Waals surface area contributed by atoms with Gasteiger partial charge in [-0.2, -0.15) is 0 Å². The minimum absolute atomic E-state index is 0.0796. The van der Waals surface area contributed by atoms with Crippen LogP contribution < -0.4 is 10.1 Å². The summed E-state index contributed by atoms with van der Waals surface area (Å²) >= 11 is 11.8. The molecule has 0 saturated heterocycles. The van der Waals surface area contributed by atoms with Crippen LogP contribution in [0.25, 0.3) is 6.08 Å². The standard InChI is InChI=1S/C20H17Cl2NO4/c1-12(13-2-4-16(21)5-3-13)23-19(24)11-27-20(25)15-8-14-9-17(22)6-7-18(14)26-10-15/h2-9,12H,10-11H2,1H3,(H,23,24). The summed E-state index contributed by atoms with van der Waals surface area (Å²) in [6, 6.07) is 12.1. The Bertz CT molecular complexity index is 893. The molecule has 2 aromatic carbocycles. The number of benzene rings is 2. The normalized spacial score (nSPS) is 13.7. The predicted octanol–water partition coefficient (Wildman–Crippen LogP) is 4.19. The lowest BCUT2D eigenvalue weighted by atomic mass is 10.1. The predicted molar refractivity (Wildman–Crippen MR) is 104 cm³/mol. The highest BCUT2D eigenvalue weighted by molar-refractivity contribution is 6.31. The third-order valence-electron chi connectivity index (χ3n) is 4.03. The van der Waals surface area contributed by atoms with Gasteiger partial charge in [-0.3, -0.25) is 4.79 Å². The van der Waals surface area contributed by atoms with Crippen LogP contribution in [0.1, 0.15) is 24.1 Å². The molecule has 1 aliphatic heterocycles. The van der Waals surface area contributed by atoms with Gasteiger partial charge in [0.15, 0.2) is 6.61 Å². The van der Waals surface area contributed by atoms with Crippen LogP contribution in [0.15, 0.2) is 48.0 Å². The minimum atomic E-state index is -0.602. The number of hydrogen-bond acceptors (Lipinski definition) is 4. The summed E-state index contributed by atoms with van der Waals surface area (Å²) in [5, 5.41) is 3.93. The van der Waals surface area contributed by atoms with E-state index in [-0.39, 0.29) is 19.3 Å². The summed E-state index contributed by atoms with van der Waals surface area (Å²) in [4.78, 5) is 24.2. The number of nitrogens with one attached hydrogen (secondary N) is 1. The number of rotatable bonds is 5. The number of hydrogen-bond donors (Lipinski definition) is 1. The van der Waals surface area contributed by atoms with Crippen molar-refractivity contribution in [2.75, 3.05) is 13.2 Å². The smallest absolute Gasteiger partial charge is 0.338 e. The van der Waals surface area contributed by atoms with Gasteiger partial charge in [0.1, 0.15) is 12.4 Å².